The average molecular weight is 207 g/mol. The standard InChI is InChI=1S/C12H17NO2/c1-3-9-13-12(14)10(2)15-11-7-5-4-6-8-11/h4-8,10H,3,9H2,1-2H3,(H,13,14). The van der Waals surface area contributed by atoms with Crippen molar-refractivity contribution in [3.8, 4) is 5.75 Å². The first-order valence-electron chi connectivity index (χ1n) is 5.23. The van der Waals surface area contributed by atoms with Gasteiger partial charge in [-0.15, -0.1) is 0 Å². The first-order chi connectivity index (χ1) is 7.24. The van der Waals surface area contributed by atoms with E-state index in [1.807, 2.05) is 37.3 Å². The molecule has 1 aromatic rings. The third kappa shape index (κ3) is 4.02. The lowest BCUT2D eigenvalue weighted by atomic mass is 10.3. The Kier molecular flexibility index (Phi) is 4.68. The molecule has 0 bridgehead atoms. The van der Waals surface area contributed by atoms with Crippen LogP contribution in [0.5, 0.6) is 5.75 Å². The quantitative estimate of drug-likeness (QED) is 0.801. The number of ether oxygens (including phenoxy) is 1. The Morgan fingerprint density at radius 1 is 1.40 bits per heavy atom. The maximum Gasteiger partial charge on any atom is 0.260 e. The monoisotopic (exact) mass is 207 g/mol. The van der Waals surface area contributed by atoms with E-state index in [0.717, 1.165) is 12.2 Å². The number of nitrogens with one attached hydrogen (secondary N) is 1. The summed E-state index contributed by atoms with van der Waals surface area (Å²) in [6, 6.07) is 9.35. The van der Waals surface area contributed by atoms with Gasteiger partial charge >= 0.3 is 0 Å². The average Bonchev–Trinajstić information content (AvgIpc) is 2.27. The molecule has 1 amide bonds. The number of benzene rings is 1. The molecule has 0 aliphatic carbocycles. The third-order valence-corrected chi connectivity index (χ3v) is 1.97. The summed E-state index contributed by atoms with van der Waals surface area (Å²) in [5, 5.41) is 2.79. The van der Waals surface area contributed by atoms with E-state index in [0.29, 0.717) is 6.54 Å². The summed E-state index contributed by atoms with van der Waals surface area (Å²) in [4.78, 5) is 11.5. The van der Waals surface area contributed by atoms with Crippen molar-refractivity contribution in [2.24, 2.45) is 0 Å². The zero-order chi connectivity index (χ0) is 11.1. The number of para-hydroxylation sites is 1. The van der Waals surface area contributed by atoms with E-state index in [4.69, 9.17) is 4.74 Å². The highest BCUT2D eigenvalue weighted by atomic mass is 16.5. The second-order valence-electron chi connectivity index (χ2n) is 3.36. The molecule has 0 aliphatic rings. The minimum absolute atomic E-state index is 0.0688. The number of carbonyl (C=O) groups is 1. The lowest BCUT2D eigenvalue weighted by Crippen LogP contribution is -2.36. The summed E-state index contributed by atoms with van der Waals surface area (Å²) < 4.78 is 5.46. The molecule has 1 N–H and O–H groups in total. The van der Waals surface area contributed by atoms with Crippen molar-refractivity contribution in [3.63, 3.8) is 0 Å². The topological polar surface area (TPSA) is 38.3 Å². The maximum atomic E-state index is 11.5. The minimum atomic E-state index is -0.445. The van der Waals surface area contributed by atoms with Crippen LogP contribution in [0.2, 0.25) is 0 Å². The van der Waals surface area contributed by atoms with Crippen molar-refractivity contribution in [1.29, 1.82) is 0 Å². The normalized spacial score (nSPS) is 11.9. The molecular weight excluding hydrogens is 190 g/mol. The summed E-state index contributed by atoms with van der Waals surface area (Å²) in [6.07, 6.45) is 0.489. The molecular formula is C12H17NO2. The Morgan fingerprint density at radius 2 is 2.07 bits per heavy atom. The van der Waals surface area contributed by atoms with Gasteiger partial charge in [0.1, 0.15) is 5.75 Å². The van der Waals surface area contributed by atoms with Gasteiger partial charge in [0, 0.05) is 6.54 Å². The highest BCUT2D eigenvalue weighted by Gasteiger charge is 2.12. The minimum Gasteiger partial charge on any atom is -0.481 e. The molecule has 82 valence electrons. The zero-order valence-electron chi connectivity index (χ0n) is 9.19. The smallest absolute Gasteiger partial charge is 0.260 e. The SMILES string of the molecule is CCCNC(=O)C(C)Oc1ccccc1. The van der Waals surface area contributed by atoms with Gasteiger partial charge in [0.2, 0.25) is 0 Å². The lowest BCUT2D eigenvalue weighted by Gasteiger charge is -2.14. The van der Waals surface area contributed by atoms with Crippen LogP contribution in [0.25, 0.3) is 0 Å². The Balaban J connectivity index is 2.41. The summed E-state index contributed by atoms with van der Waals surface area (Å²) in [7, 11) is 0. The summed E-state index contributed by atoms with van der Waals surface area (Å²) >= 11 is 0. The molecule has 0 fully saturated rings. The van der Waals surface area contributed by atoms with Gasteiger partial charge in [0.05, 0.1) is 0 Å². The number of rotatable bonds is 5. The molecule has 0 saturated carbocycles. The number of amides is 1. The van der Waals surface area contributed by atoms with Crippen LogP contribution in [-0.2, 0) is 4.79 Å². The Bertz CT molecular complexity index is 298. The Morgan fingerprint density at radius 3 is 2.67 bits per heavy atom. The van der Waals surface area contributed by atoms with E-state index in [1.165, 1.54) is 0 Å². The molecule has 0 spiro atoms. The van der Waals surface area contributed by atoms with Crippen LogP contribution in [0.1, 0.15) is 20.3 Å². The van der Waals surface area contributed by atoms with Gasteiger partial charge in [-0.25, -0.2) is 0 Å². The van der Waals surface area contributed by atoms with Crippen LogP contribution in [0.15, 0.2) is 30.3 Å². The van der Waals surface area contributed by atoms with Crippen molar-refractivity contribution in [2.75, 3.05) is 6.54 Å². The number of hydrogen-bond acceptors (Lipinski definition) is 2. The van der Waals surface area contributed by atoms with Crippen molar-refractivity contribution in [2.45, 2.75) is 26.4 Å². The first-order valence-corrected chi connectivity index (χ1v) is 5.23. The van der Waals surface area contributed by atoms with E-state index in [9.17, 15) is 4.79 Å². The van der Waals surface area contributed by atoms with Crippen LogP contribution >= 0.6 is 0 Å². The Labute approximate surface area is 90.4 Å². The van der Waals surface area contributed by atoms with Crippen LogP contribution in [0.4, 0.5) is 0 Å². The molecule has 1 aromatic carbocycles. The van der Waals surface area contributed by atoms with Gasteiger partial charge in [-0.05, 0) is 25.5 Å². The van der Waals surface area contributed by atoms with Crippen molar-refractivity contribution in [3.05, 3.63) is 30.3 Å². The fourth-order valence-electron chi connectivity index (χ4n) is 1.15. The van der Waals surface area contributed by atoms with Crippen LogP contribution in [0.3, 0.4) is 0 Å². The molecule has 0 heterocycles. The first kappa shape index (κ1) is 11.6. The molecule has 3 heteroatoms. The Hall–Kier alpha value is -1.51. The molecule has 0 aromatic heterocycles. The van der Waals surface area contributed by atoms with Gasteiger partial charge < -0.3 is 10.1 Å². The summed E-state index contributed by atoms with van der Waals surface area (Å²) in [6.45, 7) is 4.46. The van der Waals surface area contributed by atoms with Gasteiger partial charge in [-0.2, -0.15) is 0 Å². The predicted octanol–water partition coefficient (Wildman–Crippen LogP) is 1.98. The van der Waals surface area contributed by atoms with Gasteiger partial charge in [-0.3, -0.25) is 4.79 Å². The second kappa shape index (κ2) is 6.06. The molecule has 3 nitrogen and oxygen atoms in total. The highest BCUT2D eigenvalue weighted by molar-refractivity contribution is 5.80. The molecule has 0 aliphatic heterocycles. The predicted molar refractivity (Wildman–Crippen MR) is 59.8 cm³/mol. The second-order valence-corrected chi connectivity index (χ2v) is 3.36. The number of carbonyl (C=O) groups excluding carboxylic acids is 1. The molecule has 1 unspecified atom stereocenters. The fourth-order valence-corrected chi connectivity index (χ4v) is 1.15. The van der Waals surface area contributed by atoms with E-state index in [2.05, 4.69) is 5.32 Å². The third-order valence-electron chi connectivity index (χ3n) is 1.97. The molecule has 1 atom stereocenters. The van der Waals surface area contributed by atoms with Crippen LogP contribution < -0.4 is 10.1 Å². The van der Waals surface area contributed by atoms with Gasteiger partial charge in [0.25, 0.3) is 5.91 Å². The fraction of sp³-hybridized carbons (Fsp3) is 0.417. The van der Waals surface area contributed by atoms with Crippen molar-refractivity contribution in [1.82, 2.24) is 5.32 Å². The van der Waals surface area contributed by atoms with Gasteiger partial charge in [0.15, 0.2) is 6.10 Å². The van der Waals surface area contributed by atoms with Crippen LogP contribution in [0, 0.1) is 0 Å². The molecule has 0 radical (unpaired) electrons. The van der Waals surface area contributed by atoms with Crippen molar-refractivity contribution >= 4 is 5.91 Å². The molecule has 1 rings (SSSR count). The molecule has 0 saturated heterocycles. The van der Waals surface area contributed by atoms with E-state index in [1.54, 1.807) is 6.92 Å². The highest BCUT2D eigenvalue weighted by Crippen LogP contribution is 2.10. The summed E-state index contributed by atoms with van der Waals surface area (Å²) in [5.41, 5.74) is 0. The maximum absolute atomic E-state index is 11.5. The van der Waals surface area contributed by atoms with E-state index < -0.39 is 6.10 Å². The van der Waals surface area contributed by atoms with Crippen molar-refractivity contribution < 1.29 is 9.53 Å². The number of hydrogen-bond donors (Lipinski definition) is 1. The van der Waals surface area contributed by atoms with E-state index in [-0.39, 0.29) is 5.91 Å². The van der Waals surface area contributed by atoms with Gasteiger partial charge in [-0.1, -0.05) is 25.1 Å². The zero-order valence-corrected chi connectivity index (χ0v) is 9.19. The summed E-state index contributed by atoms with van der Waals surface area (Å²) in [5.74, 6) is 0.650. The molecule has 15 heavy (non-hydrogen) atoms. The van der Waals surface area contributed by atoms with E-state index >= 15 is 0 Å². The lowest BCUT2D eigenvalue weighted by molar-refractivity contribution is -0.127. The largest absolute Gasteiger partial charge is 0.481 e. The van der Waals surface area contributed by atoms with Crippen LogP contribution in [-0.4, -0.2) is 18.6 Å².